The molecule has 1 atom stereocenters. The highest BCUT2D eigenvalue weighted by molar-refractivity contribution is 5.95. The van der Waals surface area contributed by atoms with Crippen molar-refractivity contribution in [3.63, 3.8) is 0 Å². The standard InChI is InChI=1S/C17H24N4O2.C2HF3O2/c1-4-8-21-12-11-19(3)16(23)17(21)7-10-20(13-17)15(22)14-6-5-9-18(14)2;3-2(4,5)1(6)7/h4-6,9H,1,7-8,10-13H2,2-3H3;(H,6,7). The number of carbonyl (C=O) groups is 3. The van der Waals surface area contributed by atoms with Crippen LogP contribution in [0.4, 0.5) is 13.2 Å². The Morgan fingerprint density at radius 2 is 1.90 bits per heavy atom. The van der Waals surface area contributed by atoms with Crippen LogP contribution in [0.15, 0.2) is 31.0 Å². The number of rotatable bonds is 3. The van der Waals surface area contributed by atoms with Crippen molar-refractivity contribution in [2.75, 3.05) is 39.8 Å². The highest BCUT2D eigenvalue weighted by atomic mass is 19.4. The van der Waals surface area contributed by atoms with Gasteiger partial charge in [-0.2, -0.15) is 13.2 Å². The fraction of sp³-hybridized carbons (Fsp3) is 0.526. The van der Waals surface area contributed by atoms with Gasteiger partial charge in [-0.1, -0.05) is 6.08 Å². The summed E-state index contributed by atoms with van der Waals surface area (Å²) >= 11 is 0. The molecule has 2 aliphatic heterocycles. The summed E-state index contributed by atoms with van der Waals surface area (Å²) in [5, 5.41) is 7.12. The Kier molecular flexibility index (Phi) is 6.96. The fourth-order valence-electron chi connectivity index (χ4n) is 3.74. The van der Waals surface area contributed by atoms with E-state index in [1.165, 1.54) is 0 Å². The number of hydrogen-bond donors (Lipinski definition) is 1. The van der Waals surface area contributed by atoms with E-state index in [-0.39, 0.29) is 11.8 Å². The van der Waals surface area contributed by atoms with Crippen molar-refractivity contribution >= 4 is 17.8 Å². The minimum Gasteiger partial charge on any atom is -0.475 e. The molecular formula is C19H25F3N4O4. The van der Waals surface area contributed by atoms with Crippen molar-refractivity contribution in [3.05, 3.63) is 36.7 Å². The first-order valence-electron chi connectivity index (χ1n) is 9.26. The fourth-order valence-corrected chi connectivity index (χ4v) is 3.74. The van der Waals surface area contributed by atoms with Crippen LogP contribution in [-0.4, -0.2) is 93.6 Å². The first kappa shape index (κ1) is 23.5. The van der Waals surface area contributed by atoms with Crippen LogP contribution >= 0.6 is 0 Å². The van der Waals surface area contributed by atoms with Crippen molar-refractivity contribution < 1.29 is 32.7 Å². The van der Waals surface area contributed by atoms with Crippen molar-refractivity contribution in [2.24, 2.45) is 7.05 Å². The van der Waals surface area contributed by atoms with Gasteiger partial charge in [-0.15, -0.1) is 6.58 Å². The summed E-state index contributed by atoms with van der Waals surface area (Å²) in [6, 6.07) is 3.69. The average Bonchev–Trinajstić information content (AvgIpc) is 3.29. The van der Waals surface area contributed by atoms with E-state index in [1.54, 1.807) is 4.90 Å². The number of amides is 2. The molecule has 2 saturated heterocycles. The zero-order chi connectivity index (χ0) is 22.7. The van der Waals surface area contributed by atoms with Crippen LogP contribution in [0.5, 0.6) is 0 Å². The smallest absolute Gasteiger partial charge is 0.475 e. The van der Waals surface area contributed by atoms with Gasteiger partial charge in [-0.05, 0) is 18.6 Å². The molecule has 0 aliphatic carbocycles. The highest BCUT2D eigenvalue weighted by Gasteiger charge is 2.53. The second-order valence-electron chi connectivity index (χ2n) is 7.28. The second kappa shape index (κ2) is 8.90. The predicted molar refractivity (Wildman–Crippen MR) is 102 cm³/mol. The van der Waals surface area contributed by atoms with E-state index in [1.807, 2.05) is 48.0 Å². The van der Waals surface area contributed by atoms with Gasteiger partial charge < -0.3 is 19.5 Å². The number of aromatic nitrogens is 1. The first-order valence-corrected chi connectivity index (χ1v) is 9.26. The van der Waals surface area contributed by atoms with E-state index in [9.17, 15) is 22.8 Å². The Balaban J connectivity index is 0.000000396. The molecule has 1 unspecified atom stereocenters. The lowest BCUT2D eigenvalue weighted by Gasteiger charge is -2.46. The molecule has 1 aromatic heterocycles. The van der Waals surface area contributed by atoms with Crippen LogP contribution in [0.2, 0.25) is 0 Å². The van der Waals surface area contributed by atoms with Gasteiger partial charge in [0.1, 0.15) is 11.2 Å². The van der Waals surface area contributed by atoms with E-state index in [0.29, 0.717) is 31.7 Å². The number of nitrogens with zero attached hydrogens (tertiary/aromatic N) is 4. The van der Waals surface area contributed by atoms with Crippen LogP contribution in [0, 0.1) is 0 Å². The van der Waals surface area contributed by atoms with Gasteiger partial charge >= 0.3 is 12.1 Å². The van der Waals surface area contributed by atoms with Gasteiger partial charge in [0, 0.05) is 53.0 Å². The molecule has 1 spiro atoms. The van der Waals surface area contributed by atoms with E-state index in [4.69, 9.17) is 9.90 Å². The molecule has 8 nitrogen and oxygen atoms in total. The number of halogens is 3. The zero-order valence-electron chi connectivity index (χ0n) is 16.9. The molecule has 0 radical (unpaired) electrons. The summed E-state index contributed by atoms with van der Waals surface area (Å²) in [6.45, 7) is 7.08. The van der Waals surface area contributed by atoms with Gasteiger partial charge in [0.15, 0.2) is 0 Å². The summed E-state index contributed by atoms with van der Waals surface area (Å²) in [5.74, 6) is -2.64. The number of aryl methyl sites for hydroxylation is 1. The molecule has 0 saturated carbocycles. The average molecular weight is 430 g/mol. The molecule has 11 heteroatoms. The Morgan fingerprint density at radius 1 is 1.27 bits per heavy atom. The maximum Gasteiger partial charge on any atom is 0.490 e. The quantitative estimate of drug-likeness (QED) is 0.729. The molecule has 3 rings (SSSR count). The van der Waals surface area contributed by atoms with E-state index in [0.717, 1.165) is 13.1 Å². The number of carbonyl (C=O) groups excluding carboxylic acids is 2. The van der Waals surface area contributed by atoms with Gasteiger partial charge in [-0.25, -0.2) is 4.79 Å². The van der Waals surface area contributed by atoms with Crippen LogP contribution in [0.3, 0.4) is 0 Å². The largest absolute Gasteiger partial charge is 0.490 e. The summed E-state index contributed by atoms with van der Waals surface area (Å²) < 4.78 is 33.6. The molecule has 166 valence electrons. The van der Waals surface area contributed by atoms with E-state index >= 15 is 0 Å². The summed E-state index contributed by atoms with van der Waals surface area (Å²) in [4.78, 5) is 40.3. The number of likely N-dealkylation sites (N-methyl/N-ethyl adjacent to an activating group) is 1. The Hall–Kier alpha value is -2.82. The van der Waals surface area contributed by atoms with Crippen LogP contribution in [0.1, 0.15) is 16.9 Å². The number of carboxylic acid groups (broad SMARTS) is 1. The topological polar surface area (TPSA) is 86.1 Å². The summed E-state index contributed by atoms with van der Waals surface area (Å²) in [6.07, 6.45) is -0.704. The van der Waals surface area contributed by atoms with E-state index < -0.39 is 17.7 Å². The third kappa shape index (κ3) is 4.66. The number of likely N-dealkylation sites (tertiary alicyclic amines) is 1. The number of alkyl halides is 3. The monoisotopic (exact) mass is 430 g/mol. The number of aliphatic carboxylic acids is 1. The molecule has 0 aromatic carbocycles. The lowest BCUT2D eigenvalue weighted by molar-refractivity contribution is -0.192. The predicted octanol–water partition coefficient (Wildman–Crippen LogP) is 1.20. The summed E-state index contributed by atoms with van der Waals surface area (Å²) in [7, 11) is 3.71. The van der Waals surface area contributed by atoms with Gasteiger partial charge in [0.05, 0.1) is 0 Å². The van der Waals surface area contributed by atoms with E-state index in [2.05, 4.69) is 11.5 Å². The molecule has 1 N–H and O–H groups in total. The van der Waals surface area contributed by atoms with Crippen LogP contribution in [0.25, 0.3) is 0 Å². The third-order valence-electron chi connectivity index (χ3n) is 5.35. The van der Waals surface area contributed by atoms with Crippen LogP contribution < -0.4 is 0 Å². The molecule has 2 aliphatic rings. The lowest BCUT2D eigenvalue weighted by atomic mass is 9.91. The molecule has 2 amide bonds. The Labute approximate surface area is 172 Å². The maximum atomic E-state index is 12.9. The zero-order valence-corrected chi connectivity index (χ0v) is 16.9. The van der Waals surface area contributed by atoms with Gasteiger partial charge in [0.25, 0.3) is 5.91 Å². The normalized spacial score (nSPS) is 22.1. The molecule has 0 bridgehead atoms. The maximum absolute atomic E-state index is 12.9. The van der Waals surface area contributed by atoms with Crippen molar-refractivity contribution in [1.82, 2.24) is 19.3 Å². The molecule has 2 fully saturated rings. The third-order valence-corrected chi connectivity index (χ3v) is 5.35. The molecule has 3 heterocycles. The number of carboxylic acids is 1. The van der Waals surface area contributed by atoms with Crippen molar-refractivity contribution in [3.8, 4) is 0 Å². The minimum atomic E-state index is -5.08. The highest BCUT2D eigenvalue weighted by Crippen LogP contribution is 2.33. The number of hydrogen-bond acceptors (Lipinski definition) is 4. The first-order chi connectivity index (χ1) is 13.9. The van der Waals surface area contributed by atoms with Crippen LogP contribution in [-0.2, 0) is 16.6 Å². The molecule has 30 heavy (non-hydrogen) atoms. The summed E-state index contributed by atoms with van der Waals surface area (Å²) in [5.41, 5.74) is 0.0658. The second-order valence-corrected chi connectivity index (χ2v) is 7.28. The van der Waals surface area contributed by atoms with Crippen molar-refractivity contribution in [1.29, 1.82) is 0 Å². The SMILES string of the molecule is C=CCN1CCN(C)C(=O)C12CCN(C(=O)c1cccn1C)C2.O=C(O)C(F)(F)F. The van der Waals surface area contributed by atoms with Gasteiger partial charge in [0.2, 0.25) is 5.91 Å². The Morgan fingerprint density at radius 3 is 2.40 bits per heavy atom. The minimum absolute atomic E-state index is 0.00560. The Bertz CT molecular complexity index is 823. The number of piperazine rings is 1. The molecular weight excluding hydrogens is 405 g/mol. The molecule has 1 aromatic rings. The van der Waals surface area contributed by atoms with Crippen molar-refractivity contribution in [2.45, 2.75) is 18.1 Å². The van der Waals surface area contributed by atoms with Gasteiger partial charge in [-0.3, -0.25) is 14.5 Å². The lowest BCUT2D eigenvalue weighted by Crippen LogP contribution is -2.66.